The Bertz CT molecular complexity index is 1580. The van der Waals surface area contributed by atoms with Crippen molar-refractivity contribution in [2.45, 2.75) is 77.1 Å². The van der Waals surface area contributed by atoms with Gasteiger partial charge in [0, 0.05) is 37.2 Å². The van der Waals surface area contributed by atoms with Gasteiger partial charge in [0.15, 0.2) is 0 Å². The largest absolute Gasteiger partial charge is 0.461 e. The zero-order chi connectivity index (χ0) is 38.4. The monoisotopic (exact) mass is 738 g/mol. The minimum absolute atomic E-state index is 0.0845. The van der Waals surface area contributed by atoms with Gasteiger partial charge in [-0.3, -0.25) is 24.0 Å². The van der Waals surface area contributed by atoms with E-state index < -0.39 is 71.7 Å². The molecule has 0 spiro atoms. The molecule has 0 aromatic heterocycles. The third kappa shape index (κ3) is 9.50. The zero-order valence-corrected chi connectivity index (χ0v) is 29.3. The highest BCUT2D eigenvalue weighted by Crippen LogP contribution is 2.38. The van der Waals surface area contributed by atoms with Crippen molar-refractivity contribution in [1.29, 1.82) is 0 Å². The highest BCUT2D eigenvalue weighted by molar-refractivity contribution is 6.01. The molecule has 2 heterocycles. The van der Waals surface area contributed by atoms with Crippen LogP contribution in [-0.4, -0.2) is 108 Å². The van der Waals surface area contributed by atoms with Crippen molar-refractivity contribution in [2.75, 3.05) is 32.8 Å². The van der Waals surface area contributed by atoms with Gasteiger partial charge in [-0.15, -0.1) is 0 Å². The third-order valence-electron chi connectivity index (χ3n) is 9.00. The molecule has 2 aromatic rings. The van der Waals surface area contributed by atoms with Gasteiger partial charge in [-0.2, -0.15) is 22.0 Å². The Hall–Kier alpha value is -4.44. The van der Waals surface area contributed by atoms with Crippen LogP contribution in [0.15, 0.2) is 54.6 Å². The van der Waals surface area contributed by atoms with Crippen molar-refractivity contribution in [1.82, 2.24) is 20.4 Å². The highest BCUT2D eigenvalue weighted by Gasteiger charge is 2.65. The second kappa shape index (κ2) is 16.9. The number of amides is 4. The summed E-state index contributed by atoms with van der Waals surface area (Å²) in [7, 11) is 0. The number of Topliss-reactive ketones (excluding diaryl/α,β-unsaturated/α-hetero) is 1. The van der Waals surface area contributed by atoms with E-state index in [-0.39, 0.29) is 31.0 Å². The number of nitrogens with one attached hydrogen (secondary N) is 2. The normalized spacial score (nSPS) is 19.4. The van der Waals surface area contributed by atoms with Crippen molar-refractivity contribution >= 4 is 29.4 Å². The van der Waals surface area contributed by atoms with Crippen LogP contribution in [0.3, 0.4) is 0 Å². The number of rotatable bonds is 13. The Morgan fingerprint density at radius 3 is 1.96 bits per heavy atom. The van der Waals surface area contributed by atoms with Crippen LogP contribution in [0.4, 0.5) is 22.0 Å². The summed E-state index contributed by atoms with van der Waals surface area (Å²) in [5, 5.41) is 4.72. The van der Waals surface area contributed by atoms with Crippen LogP contribution in [0.5, 0.6) is 0 Å². The van der Waals surface area contributed by atoms with Crippen molar-refractivity contribution in [3.8, 4) is 0 Å². The average molecular weight is 739 g/mol. The average Bonchev–Trinajstić information content (AvgIpc) is 3.55. The molecule has 2 aliphatic heterocycles. The molecule has 2 N–H and O–H groups in total. The van der Waals surface area contributed by atoms with E-state index in [1.54, 1.807) is 49.1 Å². The van der Waals surface area contributed by atoms with Crippen LogP contribution in [0.1, 0.15) is 60.4 Å². The van der Waals surface area contributed by atoms with Crippen molar-refractivity contribution in [3.63, 3.8) is 0 Å². The van der Waals surface area contributed by atoms with E-state index in [1.165, 1.54) is 38.1 Å². The van der Waals surface area contributed by atoms with Gasteiger partial charge in [0.25, 0.3) is 11.8 Å². The molecule has 11 nitrogen and oxygen atoms in total. The second-order valence-corrected chi connectivity index (χ2v) is 13.5. The number of ketones is 1. The SMILES string of the molecule is CC(C)C(NC(=O)[C@H]1C[C@@H](OCc2ccccc2)CN1C(=O)[C@@H](NC(=O)c1ccc(C(=O)N2CCOCC2)cc1)C(C)C)C(=O)C(F)(F)C(F)(F)F. The van der Waals surface area contributed by atoms with Crippen LogP contribution >= 0.6 is 0 Å². The van der Waals surface area contributed by atoms with Gasteiger partial charge in [-0.1, -0.05) is 58.0 Å². The molecule has 2 fully saturated rings. The number of alkyl halides is 5. The second-order valence-electron chi connectivity index (χ2n) is 13.5. The number of carbonyl (C=O) groups is 5. The standard InChI is InChI=1S/C36H43F5N4O7/c1-21(2)28(30(46)35(37,38)36(39,40)41)42-32(48)27-18-26(52-20-23-8-6-5-7-9-23)19-45(27)34(50)29(22(3)4)43-31(47)24-10-12-25(13-11-24)33(49)44-14-16-51-17-15-44/h5-13,21-22,26-29H,14-20H2,1-4H3,(H,42,48)(H,43,47)/t26-,27-,28?,29+/m1/s1. The zero-order valence-electron chi connectivity index (χ0n) is 29.3. The number of hydrogen-bond donors (Lipinski definition) is 2. The van der Waals surface area contributed by atoms with Crippen LogP contribution in [0, 0.1) is 11.8 Å². The van der Waals surface area contributed by atoms with E-state index in [1.807, 2.05) is 5.32 Å². The molecule has 0 aliphatic carbocycles. The number of ether oxygens (including phenoxy) is 2. The molecule has 4 rings (SSSR count). The summed E-state index contributed by atoms with van der Waals surface area (Å²) in [6, 6.07) is 9.90. The molecular formula is C36H43F5N4O7. The number of likely N-dealkylation sites (tertiary alicyclic amines) is 1. The molecule has 284 valence electrons. The van der Waals surface area contributed by atoms with Crippen molar-refractivity contribution in [2.24, 2.45) is 11.8 Å². The summed E-state index contributed by atoms with van der Waals surface area (Å²) in [5.74, 6) is -12.7. The number of morpholine rings is 1. The third-order valence-corrected chi connectivity index (χ3v) is 9.00. The maximum Gasteiger partial charge on any atom is 0.461 e. The summed E-state index contributed by atoms with van der Waals surface area (Å²) in [6.07, 6.45) is -7.13. The Balaban J connectivity index is 1.54. The van der Waals surface area contributed by atoms with Gasteiger partial charge in [0.1, 0.15) is 12.1 Å². The smallest absolute Gasteiger partial charge is 0.378 e. The van der Waals surface area contributed by atoms with Crippen molar-refractivity contribution in [3.05, 3.63) is 71.3 Å². The van der Waals surface area contributed by atoms with Gasteiger partial charge in [0.05, 0.1) is 32.0 Å². The summed E-state index contributed by atoms with van der Waals surface area (Å²) < 4.78 is 78.8. The topological polar surface area (TPSA) is 134 Å². The highest BCUT2D eigenvalue weighted by atomic mass is 19.4. The summed E-state index contributed by atoms with van der Waals surface area (Å²) in [6.45, 7) is 7.30. The van der Waals surface area contributed by atoms with Gasteiger partial charge in [0.2, 0.25) is 17.6 Å². The van der Waals surface area contributed by atoms with E-state index in [4.69, 9.17) is 9.47 Å². The van der Waals surface area contributed by atoms with Crippen molar-refractivity contribution < 1.29 is 55.4 Å². The first kappa shape index (κ1) is 40.3. The Morgan fingerprint density at radius 2 is 1.40 bits per heavy atom. The summed E-state index contributed by atoms with van der Waals surface area (Å²) in [5.41, 5.74) is 1.27. The number of benzene rings is 2. The van der Waals surface area contributed by atoms with E-state index >= 15 is 0 Å². The maximum absolute atomic E-state index is 14.1. The van der Waals surface area contributed by atoms with Gasteiger partial charge >= 0.3 is 12.1 Å². The number of nitrogens with zero attached hydrogens (tertiary/aromatic N) is 2. The van der Waals surface area contributed by atoms with Gasteiger partial charge in [-0.25, -0.2) is 0 Å². The Labute approximate surface area is 298 Å². The first-order valence-electron chi connectivity index (χ1n) is 17.0. The quantitative estimate of drug-likeness (QED) is 0.297. The first-order valence-corrected chi connectivity index (χ1v) is 17.0. The first-order chi connectivity index (χ1) is 24.4. The molecule has 2 aromatic carbocycles. The minimum atomic E-state index is -6.19. The molecule has 0 saturated carbocycles. The molecule has 1 unspecified atom stereocenters. The van der Waals surface area contributed by atoms with Crippen LogP contribution in [-0.2, 0) is 30.5 Å². The lowest BCUT2D eigenvalue weighted by atomic mass is 9.95. The number of carbonyl (C=O) groups excluding carboxylic acids is 5. The Morgan fingerprint density at radius 1 is 0.827 bits per heavy atom. The maximum atomic E-state index is 14.1. The fourth-order valence-electron chi connectivity index (χ4n) is 5.95. The number of halogens is 5. The Kier molecular flexibility index (Phi) is 13.1. The van der Waals surface area contributed by atoms with Crippen LogP contribution < -0.4 is 10.6 Å². The molecule has 2 saturated heterocycles. The molecule has 52 heavy (non-hydrogen) atoms. The molecular weight excluding hydrogens is 695 g/mol. The molecule has 4 amide bonds. The minimum Gasteiger partial charge on any atom is -0.378 e. The van der Waals surface area contributed by atoms with E-state index in [0.717, 1.165) is 10.5 Å². The molecule has 0 radical (unpaired) electrons. The fourth-order valence-corrected chi connectivity index (χ4v) is 5.95. The van der Waals surface area contributed by atoms with E-state index in [9.17, 15) is 45.9 Å². The fraction of sp³-hybridized carbons (Fsp3) is 0.528. The van der Waals surface area contributed by atoms with E-state index in [0.29, 0.717) is 31.9 Å². The van der Waals surface area contributed by atoms with E-state index in [2.05, 4.69) is 5.32 Å². The molecule has 2 aliphatic rings. The lowest BCUT2D eigenvalue weighted by molar-refractivity contribution is -0.270. The predicted octanol–water partition coefficient (Wildman–Crippen LogP) is 4.01. The summed E-state index contributed by atoms with van der Waals surface area (Å²) >= 11 is 0. The molecule has 0 bridgehead atoms. The van der Waals surface area contributed by atoms with Gasteiger partial charge in [-0.05, 0) is 41.7 Å². The summed E-state index contributed by atoms with van der Waals surface area (Å²) in [4.78, 5) is 69.2. The van der Waals surface area contributed by atoms with Crippen LogP contribution in [0.2, 0.25) is 0 Å². The predicted molar refractivity (Wildman–Crippen MR) is 177 cm³/mol. The van der Waals surface area contributed by atoms with Crippen LogP contribution in [0.25, 0.3) is 0 Å². The van der Waals surface area contributed by atoms with Gasteiger partial charge < -0.3 is 29.9 Å². The lowest BCUT2D eigenvalue weighted by Crippen LogP contribution is -2.60. The lowest BCUT2D eigenvalue weighted by Gasteiger charge is -2.32. The number of hydrogen-bond acceptors (Lipinski definition) is 7. The molecule has 16 heteroatoms. The molecule has 4 atom stereocenters.